The minimum Gasteiger partial charge on any atom is -0.337 e. The Hall–Kier alpha value is -2.87. The molecular weight excluding hydrogens is 443 g/mol. The van der Waals surface area contributed by atoms with Crippen LogP contribution in [0.15, 0.2) is 30.3 Å². The van der Waals surface area contributed by atoms with Crippen LogP contribution in [0.1, 0.15) is 54.1 Å². The van der Waals surface area contributed by atoms with E-state index in [1.54, 1.807) is 6.92 Å². The van der Waals surface area contributed by atoms with Crippen molar-refractivity contribution in [2.45, 2.75) is 52.1 Å². The molecule has 4 rings (SSSR count). The molecule has 2 aromatic carbocycles. The van der Waals surface area contributed by atoms with Crippen molar-refractivity contribution in [2.75, 3.05) is 25.0 Å². The van der Waals surface area contributed by atoms with E-state index in [-0.39, 0.29) is 29.1 Å². The molecule has 1 unspecified atom stereocenters. The number of carbonyl (C=O) groups excluding carboxylic acids is 2. The second-order valence-electron chi connectivity index (χ2n) is 9.42. The summed E-state index contributed by atoms with van der Waals surface area (Å²) in [5, 5.41) is 2.61. The van der Waals surface area contributed by atoms with Gasteiger partial charge in [-0.3, -0.25) is 14.5 Å². The molecule has 1 N–H and O–H groups in total. The number of piperazine rings is 1. The molecule has 1 saturated carbocycles. The summed E-state index contributed by atoms with van der Waals surface area (Å²) in [5.74, 6) is -2.89. The predicted octanol–water partition coefficient (Wildman–Crippen LogP) is 4.89. The van der Waals surface area contributed by atoms with Crippen LogP contribution in [0.2, 0.25) is 0 Å². The molecule has 5 nitrogen and oxygen atoms in total. The number of benzene rings is 2. The standard InChI is InChI=1S/C26H30F3N3O2/c1-16-14-31(9-10-32(16)26(34)18-5-3-4-6-18)15-20-11-21(27)13-24(17(20)2)30-25(33)19-7-8-22(28)23(29)12-19/h7-8,11-13,16,18H,3-6,9-10,14-15H2,1-2H3,(H,30,33). The molecule has 1 atom stereocenters. The van der Waals surface area contributed by atoms with Gasteiger partial charge in [-0.2, -0.15) is 0 Å². The van der Waals surface area contributed by atoms with Crippen LogP contribution in [0.3, 0.4) is 0 Å². The molecule has 2 aliphatic rings. The van der Waals surface area contributed by atoms with Gasteiger partial charge in [-0.25, -0.2) is 13.2 Å². The van der Waals surface area contributed by atoms with Crippen LogP contribution in [0.4, 0.5) is 18.9 Å². The minimum atomic E-state index is -1.12. The molecular formula is C26H30F3N3O2. The molecule has 1 aliphatic carbocycles. The van der Waals surface area contributed by atoms with E-state index >= 15 is 0 Å². The van der Waals surface area contributed by atoms with Crippen molar-refractivity contribution >= 4 is 17.5 Å². The highest BCUT2D eigenvalue weighted by atomic mass is 19.2. The Morgan fingerprint density at radius 2 is 1.76 bits per heavy atom. The summed E-state index contributed by atoms with van der Waals surface area (Å²) < 4.78 is 41.1. The highest BCUT2D eigenvalue weighted by molar-refractivity contribution is 6.04. The smallest absolute Gasteiger partial charge is 0.255 e. The van der Waals surface area contributed by atoms with Crippen LogP contribution in [0.25, 0.3) is 0 Å². The van der Waals surface area contributed by atoms with Crippen LogP contribution in [-0.4, -0.2) is 47.3 Å². The van der Waals surface area contributed by atoms with Gasteiger partial charge < -0.3 is 10.2 Å². The monoisotopic (exact) mass is 473 g/mol. The lowest BCUT2D eigenvalue weighted by Gasteiger charge is -2.41. The number of hydrogen-bond donors (Lipinski definition) is 1. The Kier molecular flexibility index (Phi) is 7.26. The van der Waals surface area contributed by atoms with E-state index in [9.17, 15) is 22.8 Å². The Morgan fingerprint density at radius 1 is 1.03 bits per heavy atom. The van der Waals surface area contributed by atoms with Gasteiger partial charge in [-0.15, -0.1) is 0 Å². The SMILES string of the molecule is Cc1c(CN2CCN(C(=O)C3CCCC3)C(C)C2)cc(F)cc1NC(=O)c1ccc(F)c(F)c1. The maximum Gasteiger partial charge on any atom is 0.255 e. The third kappa shape index (κ3) is 5.27. The topological polar surface area (TPSA) is 52.6 Å². The fourth-order valence-corrected chi connectivity index (χ4v) is 5.01. The Morgan fingerprint density at radius 3 is 2.44 bits per heavy atom. The lowest BCUT2D eigenvalue weighted by atomic mass is 10.0. The minimum absolute atomic E-state index is 0.0546. The molecule has 1 saturated heterocycles. The summed E-state index contributed by atoms with van der Waals surface area (Å²) in [5.41, 5.74) is 1.66. The molecule has 1 aliphatic heterocycles. The lowest BCUT2D eigenvalue weighted by Crippen LogP contribution is -2.54. The van der Waals surface area contributed by atoms with Gasteiger partial charge in [0.2, 0.25) is 5.91 Å². The molecule has 2 amide bonds. The van der Waals surface area contributed by atoms with E-state index in [1.807, 2.05) is 11.8 Å². The number of rotatable bonds is 5. The quantitative estimate of drug-likeness (QED) is 0.673. The van der Waals surface area contributed by atoms with Gasteiger partial charge in [0.1, 0.15) is 5.82 Å². The molecule has 0 aromatic heterocycles. The summed E-state index contributed by atoms with van der Waals surface area (Å²) in [7, 11) is 0. The van der Waals surface area contributed by atoms with Crippen LogP contribution >= 0.6 is 0 Å². The number of nitrogens with one attached hydrogen (secondary N) is 1. The first kappa shape index (κ1) is 24.3. The normalized spacial score (nSPS) is 19.4. The van der Waals surface area contributed by atoms with Crippen molar-refractivity contribution in [3.05, 3.63) is 64.5 Å². The summed E-state index contributed by atoms with van der Waals surface area (Å²) in [6, 6.07) is 5.61. The summed E-state index contributed by atoms with van der Waals surface area (Å²) in [4.78, 5) is 29.5. The zero-order valence-corrected chi connectivity index (χ0v) is 19.5. The molecule has 2 fully saturated rings. The molecule has 34 heavy (non-hydrogen) atoms. The van der Waals surface area contributed by atoms with E-state index in [0.29, 0.717) is 31.7 Å². The molecule has 0 radical (unpaired) electrons. The van der Waals surface area contributed by atoms with E-state index in [2.05, 4.69) is 10.2 Å². The first-order chi connectivity index (χ1) is 16.2. The van der Waals surface area contributed by atoms with Gasteiger partial charge in [0.25, 0.3) is 5.91 Å². The van der Waals surface area contributed by atoms with Crippen LogP contribution < -0.4 is 5.32 Å². The molecule has 1 heterocycles. The van der Waals surface area contributed by atoms with Crippen molar-refractivity contribution in [3.63, 3.8) is 0 Å². The Balaban J connectivity index is 1.43. The Bertz CT molecular complexity index is 1090. The van der Waals surface area contributed by atoms with E-state index in [4.69, 9.17) is 0 Å². The third-order valence-corrected chi connectivity index (χ3v) is 7.00. The highest BCUT2D eigenvalue weighted by Gasteiger charge is 2.33. The second-order valence-corrected chi connectivity index (χ2v) is 9.42. The third-order valence-electron chi connectivity index (χ3n) is 7.00. The zero-order valence-electron chi connectivity index (χ0n) is 19.5. The number of amides is 2. The van der Waals surface area contributed by atoms with Crippen molar-refractivity contribution in [1.82, 2.24) is 9.80 Å². The maximum absolute atomic E-state index is 14.4. The van der Waals surface area contributed by atoms with Gasteiger partial charge in [-0.1, -0.05) is 12.8 Å². The van der Waals surface area contributed by atoms with Crippen LogP contribution in [-0.2, 0) is 11.3 Å². The summed E-state index contributed by atoms with van der Waals surface area (Å²) in [6.07, 6.45) is 4.21. The molecule has 0 bridgehead atoms. The molecule has 2 aromatic rings. The predicted molar refractivity (Wildman–Crippen MR) is 124 cm³/mol. The van der Waals surface area contributed by atoms with Crippen molar-refractivity contribution in [2.24, 2.45) is 5.92 Å². The maximum atomic E-state index is 14.4. The van der Waals surface area contributed by atoms with E-state index in [0.717, 1.165) is 43.4 Å². The van der Waals surface area contributed by atoms with E-state index in [1.165, 1.54) is 18.2 Å². The highest BCUT2D eigenvalue weighted by Crippen LogP contribution is 2.29. The van der Waals surface area contributed by atoms with Gasteiger partial charge in [-0.05, 0) is 68.1 Å². The van der Waals surface area contributed by atoms with Gasteiger partial charge in [0.05, 0.1) is 0 Å². The van der Waals surface area contributed by atoms with Gasteiger partial charge in [0.15, 0.2) is 11.6 Å². The summed E-state index contributed by atoms with van der Waals surface area (Å²) in [6.45, 7) is 6.34. The second kappa shape index (κ2) is 10.2. The average Bonchev–Trinajstić information content (AvgIpc) is 3.33. The largest absolute Gasteiger partial charge is 0.337 e. The van der Waals surface area contributed by atoms with Crippen LogP contribution in [0.5, 0.6) is 0 Å². The van der Waals surface area contributed by atoms with Crippen molar-refractivity contribution < 1.29 is 22.8 Å². The lowest BCUT2D eigenvalue weighted by molar-refractivity contribution is -0.140. The first-order valence-electron chi connectivity index (χ1n) is 11.8. The molecule has 8 heteroatoms. The first-order valence-corrected chi connectivity index (χ1v) is 11.8. The zero-order chi connectivity index (χ0) is 24.4. The number of halogens is 3. The number of anilines is 1. The van der Waals surface area contributed by atoms with E-state index < -0.39 is 23.4 Å². The van der Waals surface area contributed by atoms with Gasteiger partial charge >= 0.3 is 0 Å². The van der Waals surface area contributed by atoms with Gasteiger partial charge in [0, 0.05) is 49.4 Å². The average molecular weight is 474 g/mol. The molecule has 182 valence electrons. The van der Waals surface area contributed by atoms with Crippen LogP contribution in [0, 0.1) is 30.3 Å². The number of hydrogen-bond acceptors (Lipinski definition) is 3. The van der Waals surface area contributed by atoms with Crippen molar-refractivity contribution in [1.29, 1.82) is 0 Å². The van der Waals surface area contributed by atoms with Crippen molar-refractivity contribution in [3.8, 4) is 0 Å². The fraction of sp³-hybridized carbons (Fsp3) is 0.462. The fourth-order valence-electron chi connectivity index (χ4n) is 5.01. The summed E-state index contributed by atoms with van der Waals surface area (Å²) >= 11 is 0. The molecule has 0 spiro atoms. The number of nitrogens with zero attached hydrogens (tertiary/aromatic N) is 2. The number of carbonyl (C=O) groups is 2. The Labute approximate surface area is 197 Å².